The molecule has 0 fully saturated rings. The lowest BCUT2D eigenvalue weighted by Crippen LogP contribution is -2.20. The summed E-state index contributed by atoms with van der Waals surface area (Å²) in [5.74, 6) is -0.552. The Labute approximate surface area is 107 Å². The Kier molecular flexibility index (Phi) is 4.50. The van der Waals surface area contributed by atoms with Crippen LogP contribution in [0.3, 0.4) is 0 Å². The van der Waals surface area contributed by atoms with Crippen LogP contribution in [0.1, 0.15) is 25.0 Å². The molecule has 1 aromatic carbocycles. The van der Waals surface area contributed by atoms with E-state index in [9.17, 15) is 13.2 Å². The molecule has 0 spiro atoms. The van der Waals surface area contributed by atoms with Crippen molar-refractivity contribution in [1.29, 1.82) is 0 Å². The standard InChI is InChI=1S/C11H13F3N2OS/c1-6(2)18-7-3-4-8(10(15)16-17)9(5-7)11(12,13)14/h3-6,17H,1-2H3,(H2,15,16). The summed E-state index contributed by atoms with van der Waals surface area (Å²) in [5, 5.41) is 11.3. The Bertz CT molecular complexity index is 458. The van der Waals surface area contributed by atoms with Gasteiger partial charge in [0.2, 0.25) is 0 Å². The zero-order valence-corrected chi connectivity index (χ0v) is 10.6. The van der Waals surface area contributed by atoms with Crippen LogP contribution in [0, 0.1) is 0 Å². The van der Waals surface area contributed by atoms with E-state index in [2.05, 4.69) is 5.16 Å². The van der Waals surface area contributed by atoms with E-state index in [0.717, 1.165) is 6.07 Å². The lowest BCUT2D eigenvalue weighted by atomic mass is 10.1. The molecule has 0 radical (unpaired) electrons. The van der Waals surface area contributed by atoms with Crippen LogP contribution in [0.25, 0.3) is 0 Å². The lowest BCUT2D eigenvalue weighted by molar-refractivity contribution is -0.137. The highest BCUT2D eigenvalue weighted by Crippen LogP contribution is 2.35. The second-order valence-electron chi connectivity index (χ2n) is 3.86. The Hall–Kier alpha value is -1.37. The second kappa shape index (κ2) is 5.51. The van der Waals surface area contributed by atoms with E-state index in [1.807, 2.05) is 13.8 Å². The van der Waals surface area contributed by atoms with Crippen LogP contribution < -0.4 is 5.73 Å². The highest BCUT2D eigenvalue weighted by atomic mass is 32.2. The molecule has 3 N–H and O–H groups in total. The third-order valence-corrected chi connectivity index (χ3v) is 3.05. The summed E-state index contributed by atoms with van der Waals surface area (Å²) in [6.45, 7) is 3.77. The minimum Gasteiger partial charge on any atom is -0.409 e. The predicted octanol–water partition coefficient (Wildman–Crippen LogP) is 3.30. The fraction of sp³-hybridized carbons (Fsp3) is 0.364. The molecule has 1 rings (SSSR count). The van der Waals surface area contributed by atoms with E-state index in [0.29, 0.717) is 4.90 Å². The number of halogens is 3. The minimum absolute atomic E-state index is 0.167. The molecule has 7 heteroatoms. The number of oxime groups is 1. The van der Waals surface area contributed by atoms with Crippen molar-refractivity contribution < 1.29 is 18.4 Å². The fourth-order valence-corrected chi connectivity index (χ4v) is 2.26. The number of hydrogen-bond acceptors (Lipinski definition) is 3. The monoisotopic (exact) mass is 278 g/mol. The predicted molar refractivity (Wildman–Crippen MR) is 64.9 cm³/mol. The van der Waals surface area contributed by atoms with Gasteiger partial charge in [0.25, 0.3) is 0 Å². The van der Waals surface area contributed by atoms with Gasteiger partial charge in [0.15, 0.2) is 5.84 Å². The van der Waals surface area contributed by atoms with Crippen molar-refractivity contribution in [3.05, 3.63) is 29.3 Å². The molecule has 0 saturated heterocycles. The number of nitrogens with two attached hydrogens (primary N) is 1. The van der Waals surface area contributed by atoms with Crippen LogP contribution in [0.2, 0.25) is 0 Å². The molecule has 3 nitrogen and oxygen atoms in total. The van der Waals surface area contributed by atoms with Crippen molar-refractivity contribution in [2.75, 3.05) is 0 Å². The molecule has 18 heavy (non-hydrogen) atoms. The minimum atomic E-state index is -4.54. The van der Waals surface area contributed by atoms with Crippen molar-refractivity contribution in [1.82, 2.24) is 0 Å². The molecule has 1 aromatic rings. The van der Waals surface area contributed by atoms with Crippen LogP contribution in [-0.2, 0) is 6.18 Å². The Morgan fingerprint density at radius 2 is 2.00 bits per heavy atom. The van der Waals surface area contributed by atoms with E-state index in [-0.39, 0.29) is 10.8 Å². The zero-order chi connectivity index (χ0) is 13.9. The molecule has 100 valence electrons. The van der Waals surface area contributed by atoms with Crippen LogP contribution in [0.5, 0.6) is 0 Å². The molecular formula is C11H13F3N2OS. The van der Waals surface area contributed by atoms with E-state index in [1.165, 1.54) is 23.9 Å². The van der Waals surface area contributed by atoms with Crippen molar-refractivity contribution in [3.8, 4) is 0 Å². The molecule has 0 amide bonds. The Morgan fingerprint density at radius 3 is 2.44 bits per heavy atom. The summed E-state index contributed by atoms with van der Waals surface area (Å²) in [5.41, 5.74) is 4.02. The summed E-state index contributed by atoms with van der Waals surface area (Å²) in [4.78, 5) is 0.492. The average molecular weight is 278 g/mol. The first-order valence-electron chi connectivity index (χ1n) is 5.11. The molecule has 0 heterocycles. The number of alkyl halides is 3. The van der Waals surface area contributed by atoms with Crippen molar-refractivity contribution in [2.24, 2.45) is 10.9 Å². The quantitative estimate of drug-likeness (QED) is 0.293. The zero-order valence-electron chi connectivity index (χ0n) is 9.82. The van der Waals surface area contributed by atoms with E-state index in [1.54, 1.807) is 0 Å². The third kappa shape index (κ3) is 3.56. The molecule has 0 atom stereocenters. The first-order chi connectivity index (χ1) is 8.25. The summed E-state index contributed by atoms with van der Waals surface area (Å²) < 4.78 is 38.6. The van der Waals surface area contributed by atoms with Gasteiger partial charge in [-0.15, -0.1) is 11.8 Å². The number of nitrogens with zero attached hydrogens (tertiary/aromatic N) is 1. The van der Waals surface area contributed by atoms with Gasteiger partial charge >= 0.3 is 6.18 Å². The molecule has 0 saturated carbocycles. The van der Waals surface area contributed by atoms with E-state index >= 15 is 0 Å². The summed E-state index contributed by atoms with van der Waals surface area (Å²) in [6.07, 6.45) is -4.54. The molecule has 0 aromatic heterocycles. The number of amidine groups is 1. The van der Waals surface area contributed by atoms with Gasteiger partial charge < -0.3 is 10.9 Å². The first-order valence-corrected chi connectivity index (χ1v) is 5.99. The number of hydrogen-bond donors (Lipinski definition) is 2. The van der Waals surface area contributed by atoms with Crippen molar-refractivity contribution in [2.45, 2.75) is 30.2 Å². The smallest absolute Gasteiger partial charge is 0.409 e. The van der Waals surface area contributed by atoms with Gasteiger partial charge in [-0.1, -0.05) is 19.0 Å². The first kappa shape index (κ1) is 14.7. The number of thioether (sulfide) groups is 1. The fourth-order valence-electron chi connectivity index (χ4n) is 1.38. The molecule has 0 unspecified atom stereocenters. The van der Waals surface area contributed by atoms with E-state index < -0.39 is 17.6 Å². The molecule has 0 aliphatic heterocycles. The summed E-state index contributed by atoms with van der Waals surface area (Å²) in [6, 6.07) is 3.74. The van der Waals surface area contributed by atoms with Crippen LogP contribution in [0.4, 0.5) is 13.2 Å². The van der Waals surface area contributed by atoms with Gasteiger partial charge in [-0.25, -0.2) is 0 Å². The maximum Gasteiger partial charge on any atom is 0.417 e. The normalized spacial score (nSPS) is 13.1. The number of rotatable bonds is 3. The molecule has 0 aliphatic carbocycles. The van der Waals surface area contributed by atoms with Gasteiger partial charge in [0.1, 0.15) is 0 Å². The summed E-state index contributed by atoms with van der Waals surface area (Å²) >= 11 is 1.31. The SMILES string of the molecule is CC(C)Sc1ccc(/C(N)=N/O)c(C(F)(F)F)c1. The van der Waals surface area contributed by atoms with Gasteiger partial charge in [-0.05, 0) is 18.2 Å². The molecular weight excluding hydrogens is 265 g/mol. The highest BCUT2D eigenvalue weighted by Gasteiger charge is 2.34. The van der Waals surface area contributed by atoms with Gasteiger partial charge in [-0.2, -0.15) is 13.2 Å². The number of benzene rings is 1. The van der Waals surface area contributed by atoms with Crippen molar-refractivity contribution >= 4 is 17.6 Å². The summed E-state index contributed by atoms with van der Waals surface area (Å²) in [7, 11) is 0. The average Bonchev–Trinajstić information content (AvgIpc) is 2.26. The van der Waals surface area contributed by atoms with Crippen LogP contribution in [-0.4, -0.2) is 16.3 Å². The molecule has 0 bridgehead atoms. The van der Waals surface area contributed by atoms with Crippen molar-refractivity contribution in [3.63, 3.8) is 0 Å². The molecule has 0 aliphatic rings. The maximum absolute atomic E-state index is 12.9. The Balaban J connectivity index is 3.30. The van der Waals surface area contributed by atoms with Gasteiger partial charge in [0, 0.05) is 15.7 Å². The van der Waals surface area contributed by atoms with Crippen LogP contribution in [0.15, 0.2) is 28.3 Å². The highest BCUT2D eigenvalue weighted by molar-refractivity contribution is 7.99. The maximum atomic E-state index is 12.9. The van der Waals surface area contributed by atoms with Crippen LogP contribution >= 0.6 is 11.8 Å². The largest absolute Gasteiger partial charge is 0.417 e. The third-order valence-electron chi connectivity index (χ3n) is 2.05. The second-order valence-corrected chi connectivity index (χ2v) is 5.51. The van der Waals surface area contributed by atoms with Gasteiger partial charge in [-0.3, -0.25) is 0 Å². The lowest BCUT2D eigenvalue weighted by Gasteiger charge is -2.14. The van der Waals surface area contributed by atoms with E-state index in [4.69, 9.17) is 10.9 Å². The Morgan fingerprint density at radius 1 is 1.39 bits per heavy atom. The van der Waals surface area contributed by atoms with Gasteiger partial charge in [0.05, 0.1) is 5.56 Å². The topological polar surface area (TPSA) is 58.6 Å².